The fourth-order valence-corrected chi connectivity index (χ4v) is 3.69. The maximum Gasteiger partial charge on any atom is 0.234 e. The zero-order valence-electron chi connectivity index (χ0n) is 16.1. The van der Waals surface area contributed by atoms with Crippen LogP contribution in [0.2, 0.25) is 0 Å². The monoisotopic (exact) mass is 381 g/mol. The van der Waals surface area contributed by atoms with E-state index in [0.29, 0.717) is 13.1 Å². The Morgan fingerprint density at radius 3 is 2.57 bits per heavy atom. The normalized spacial score (nSPS) is 17.3. The third-order valence-corrected chi connectivity index (χ3v) is 5.22. The van der Waals surface area contributed by atoms with Crippen molar-refractivity contribution in [1.29, 1.82) is 0 Å². The second-order valence-electron chi connectivity index (χ2n) is 7.36. The predicted molar refractivity (Wildman–Crippen MR) is 107 cm³/mol. The van der Waals surface area contributed by atoms with Crippen LogP contribution in [0.4, 0.5) is 0 Å². The van der Waals surface area contributed by atoms with Crippen LogP contribution in [0.15, 0.2) is 48.5 Å². The Kier molecular flexibility index (Phi) is 6.09. The van der Waals surface area contributed by atoms with E-state index in [4.69, 9.17) is 9.47 Å². The number of carbonyl (C=O) groups is 1. The Bertz CT molecular complexity index is 797. The van der Waals surface area contributed by atoms with Crippen LogP contribution in [-0.4, -0.2) is 55.2 Å². The van der Waals surface area contributed by atoms with Gasteiger partial charge >= 0.3 is 0 Å². The van der Waals surface area contributed by atoms with Crippen molar-refractivity contribution in [2.24, 2.45) is 0 Å². The first-order valence-electron chi connectivity index (χ1n) is 9.90. The Morgan fingerprint density at radius 1 is 0.893 bits per heavy atom. The number of nitrogens with zero attached hydrogens (tertiary/aromatic N) is 2. The minimum atomic E-state index is 0.0641. The highest BCUT2D eigenvalue weighted by Crippen LogP contribution is 2.32. The second-order valence-corrected chi connectivity index (χ2v) is 7.36. The van der Waals surface area contributed by atoms with Gasteiger partial charge in [0.1, 0.15) is 0 Å². The summed E-state index contributed by atoms with van der Waals surface area (Å²) in [7, 11) is 0. The Balaban J connectivity index is 1.21. The van der Waals surface area contributed by atoms with E-state index in [0.717, 1.165) is 56.2 Å². The number of ether oxygens (including phenoxy) is 2. The summed E-state index contributed by atoms with van der Waals surface area (Å²) in [5.74, 6) is 1.58. The van der Waals surface area contributed by atoms with Crippen molar-refractivity contribution in [2.75, 3.05) is 39.5 Å². The first-order chi connectivity index (χ1) is 13.8. The average molecular weight is 381 g/mol. The van der Waals surface area contributed by atoms with Crippen molar-refractivity contribution in [3.63, 3.8) is 0 Å². The van der Waals surface area contributed by atoms with Gasteiger partial charge in [-0.2, -0.15) is 0 Å². The molecule has 2 aromatic carbocycles. The van der Waals surface area contributed by atoms with Gasteiger partial charge in [-0.3, -0.25) is 14.6 Å². The molecule has 28 heavy (non-hydrogen) atoms. The largest absolute Gasteiger partial charge is 0.454 e. The zero-order valence-corrected chi connectivity index (χ0v) is 16.1. The molecule has 2 heterocycles. The van der Waals surface area contributed by atoms with Crippen LogP contribution >= 0.6 is 0 Å². The fourth-order valence-electron chi connectivity index (χ4n) is 3.69. The van der Waals surface area contributed by atoms with Gasteiger partial charge in [0, 0.05) is 26.2 Å². The SMILES string of the molecule is O=C(CN1CCCN(Cc2ccccc2)CC1)NCc1ccc2c(c1)OCO2. The van der Waals surface area contributed by atoms with E-state index in [1.54, 1.807) is 0 Å². The molecule has 1 fully saturated rings. The van der Waals surface area contributed by atoms with E-state index < -0.39 is 0 Å². The standard InChI is InChI=1S/C22H27N3O3/c26-22(23-14-19-7-8-20-21(13-19)28-17-27-20)16-25-10-4-9-24(11-12-25)15-18-5-2-1-3-6-18/h1-3,5-8,13H,4,9-12,14-17H2,(H,23,26). The topological polar surface area (TPSA) is 54.0 Å². The van der Waals surface area contributed by atoms with Crippen LogP contribution in [0.25, 0.3) is 0 Å². The molecule has 148 valence electrons. The fraction of sp³-hybridized carbons (Fsp3) is 0.409. The van der Waals surface area contributed by atoms with Crippen molar-refractivity contribution in [3.05, 3.63) is 59.7 Å². The van der Waals surface area contributed by atoms with Crippen molar-refractivity contribution >= 4 is 5.91 Å². The van der Waals surface area contributed by atoms with Gasteiger partial charge in [0.05, 0.1) is 6.54 Å². The molecule has 2 aliphatic rings. The Hall–Kier alpha value is -2.57. The highest BCUT2D eigenvalue weighted by molar-refractivity contribution is 5.78. The van der Waals surface area contributed by atoms with Gasteiger partial charge in [-0.05, 0) is 42.8 Å². The van der Waals surface area contributed by atoms with Crippen molar-refractivity contribution in [1.82, 2.24) is 15.1 Å². The van der Waals surface area contributed by atoms with Crippen LogP contribution < -0.4 is 14.8 Å². The lowest BCUT2D eigenvalue weighted by atomic mass is 10.2. The molecule has 0 radical (unpaired) electrons. The van der Waals surface area contributed by atoms with Crippen LogP contribution in [0.3, 0.4) is 0 Å². The second kappa shape index (κ2) is 9.08. The summed E-state index contributed by atoms with van der Waals surface area (Å²) in [6.45, 7) is 6.14. The molecule has 1 N–H and O–H groups in total. The number of carbonyl (C=O) groups excluding carboxylic acids is 1. The van der Waals surface area contributed by atoms with Crippen molar-refractivity contribution in [2.45, 2.75) is 19.5 Å². The van der Waals surface area contributed by atoms with E-state index in [1.165, 1.54) is 5.56 Å². The number of hydrogen-bond acceptors (Lipinski definition) is 5. The third-order valence-electron chi connectivity index (χ3n) is 5.22. The summed E-state index contributed by atoms with van der Waals surface area (Å²) < 4.78 is 10.7. The minimum Gasteiger partial charge on any atom is -0.454 e. The first-order valence-corrected chi connectivity index (χ1v) is 9.90. The predicted octanol–water partition coefficient (Wildman–Crippen LogP) is 2.24. The first kappa shape index (κ1) is 18.8. The van der Waals surface area contributed by atoms with Gasteiger partial charge in [-0.15, -0.1) is 0 Å². The number of benzene rings is 2. The number of hydrogen-bond donors (Lipinski definition) is 1. The molecule has 4 rings (SSSR count). The van der Waals surface area contributed by atoms with Gasteiger partial charge in [0.2, 0.25) is 12.7 Å². The van der Waals surface area contributed by atoms with Gasteiger partial charge < -0.3 is 14.8 Å². The van der Waals surface area contributed by atoms with E-state index in [9.17, 15) is 4.79 Å². The van der Waals surface area contributed by atoms with Crippen LogP contribution in [-0.2, 0) is 17.9 Å². The molecule has 0 unspecified atom stereocenters. The maximum absolute atomic E-state index is 12.4. The lowest BCUT2D eigenvalue weighted by Gasteiger charge is -2.21. The molecule has 1 amide bonds. The van der Waals surface area contributed by atoms with Gasteiger partial charge in [0.25, 0.3) is 0 Å². The summed E-state index contributed by atoms with van der Waals surface area (Å²) in [6.07, 6.45) is 1.09. The smallest absolute Gasteiger partial charge is 0.234 e. The summed E-state index contributed by atoms with van der Waals surface area (Å²) in [6, 6.07) is 16.3. The number of rotatable bonds is 6. The summed E-state index contributed by atoms with van der Waals surface area (Å²) in [4.78, 5) is 17.1. The van der Waals surface area contributed by atoms with Gasteiger partial charge in [0.15, 0.2) is 11.5 Å². The molecule has 0 spiro atoms. The highest BCUT2D eigenvalue weighted by Gasteiger charge is 2.18. The molecule has 0 atom stereocenters. The van der Waals surface area contributed by atoms with E-state index in [-0.39, 0.29) is 12.7 Å². The molecular formula is C22H27N3O3. The average Bonchev–Trinajstić information content (AvgIpc) is 3.08. The van der Waals surface area contributed by atoms with E-state index in [1.807, 2.05) is 18.2 Å². The number of fused-ring (bicyclic) bond motifs is 1. The molecule has 2 aliphatic heterocycles. The van der Waals surface area contributed by atoms with E-state index in [2.05, 4.69) is 45.4 Å². The quantitative estimate of drug-likeness (QED) is 0.832. The maximum atomic E-state index is 12.4. The zero-order chi connectivity index (χ0) is 19.2. The lowest BCUT2D eigenvalue weighted by Crippen LogP contribution is -2.39. The van der Waals surface area contributed by atoms with Gasteiger partial charge in [-0.1, -0.05) is 36.4 Å². The molecule has 0 aromatic heterocycles. The van der Waals surface area contributed by atoms with Gasteiger partial charge in [-0.25, -0.2) is 0 Å². The van der Waals surface area contributed by atoms with E-state index >= 15 is 0 Å². The number of amides is 1. The molecule has 2 aromatic rings. The van der Waals surface area contributed by atoms with Crippen LogP contribution in [0.5, 0.6) is 11.5 Å². The summed E-state index contributed by atoms with van der Waals surface area (Å²) >= 11 is 0. The molecule has 0 bridgehead atoms. The third kappa shape index (κ3) is 5.03. The Morgan fingerprint density at radius 2 is 1.68 bits per heavy atom. The van der Waals surface area contributed by atoms with Crippen LogP contribution in [0.1, 0.15) is 17.5 Å². The number of nitrogens with one attached hydrogen (secondary N) is 1. The van der Waals surface area contributed by atoms with Crippen molar-refractivity contribution < 1.29 is 14.3 Å². The molecule has 6 nitrogen and oxygen atoms in total. The van der Waals surface area contributed by atoms with Crippen LogP contribution in [0, 0.1) is 0 Å². The summed E-state index contributed by atoms with van der Waals surface area (Å²) in [5, 5.41) is 3.02. The molecule has 0 aliphatic carbocycles. The highest BCUT2D eigenvalue weighted by atomic mass is 16.7. The molecule has 6 heteroatoms. The van der Waals surface area contributed by atoms with Crippen molar-refractivity contribution in [3.8, 4) is 11.5 Å². The Labute approximate surface area is 166 Å². The lowest BCUT2D eigenvalue weighted by molar-refractivity contribution is -0.122. The molecular weight excluding hydrogens is 354 g/mol. The molecule has 1 saturated heterocycles. The summed E-state index contributed by atoms with van der Waals surface area (Å²) in [5.41, 5.74) is 2.36. The minimum absolute atomic E-state index is 0.0641. The molecule has 0 saturated carbocycles.